The van der Waals surface area contributed by atoms with Crippen LogP contribution in [0.25, 0.3) is 23.1 Å². The molecule has 0 aliphatic heterocycles. The molecule has 254 valence electrons. The Morgan fingerprint density at radius 2 is 1.33 bits per heavy atom. The summed E-state index contributed by atoms with van der Waals surface area (Å²) in [6.07, 6.45) is 24.9. The van der Waals surface area contributed by atoms with Gasteiger partial charge in [-0.25, -0.2) is 0 Å². The predicted molar refractivity (Wildman–Crippen MR) is 212 cm³/mol. The van der Waals surface area contributed by atoms with E-state index in [-0.39, 0.29) is 11.5 Å². The van der Waals surface area contributed by atoms with Crippen molar-refractivity contribution in [2.45, 2.75) is 0 Å². The Bertz CT molecular complexity index is 2100. The number of nitrogens with zero attached hydrogens (tertiary/aromatic N) is 4. The lowest BCUT2D eigenvalue weighted by Crippen LogP contribution is -2.33. The molecule has 0 bridgehead atoms. The summed E-state index contributed by atoms with van der Waals surface area (Å²) in [5.74, 6) is 0.369. The monoisotopic (exact) mass is 691 g/mol. The van der Waals surface area contributed by atoms with Crippen molar-refractivity contribution in [3.8, 4) is 11.5 Å². The van der Waals surface area contributed by atoms with Crippen molar-refractivity contribution in [2.75, 3.05) is 44.6 Å². The lowest BCUT2D eigenvalue weighted by Gasteiger charge is -2.21. The molecule has 7 nitrogen and oxygen atoms in total. The van der Waals surface area contributed by atoms with E-state index in [1.54, 1.807) is 30.8 Å². The molecule has 2 aliphatic carbocycles. The average molecular weight is 692 g/mol. The Morgan fingerprint density at radius 1 is 0.725 bits per heavy atom. The minimum Gasteiger partial charge on any atom is -0.507 e. The molecule has 0 saturated heterocycles. The summed E-state index contributed by atoms with van der Waals surface area (Å²) in [4.78, 5) is 16.1. The number of hydrogen-bond donors (Lipinski definition) is 3. The van der Waals surface area contributed by atoms with Crippen molar-refractivity contribution < 1.29 is 10.2 Å². The van der Waals surface area contributed by atoms with Crippen LogP contribution >= 0.6 is 11.6 Å². The van der Waals surface area contributed by atoms with Crippen molar-refractivity contribution in [2.24, 2.45) is 9.98 Å². The number of nitrogens with one attached hydrogen (secondary N) is 1. The zero-order valence-corrected chi connectivity index (χ0v) is 28.8. The van der Waals surface area contributed by atoms with Gasteiger partial charge in [0.2, 0.25) is 0 Å². The number of aliphatic imine (C=N–C) groups is 2. The van der Waals surface area contributed by atoms with Crippen LogP contribution in [0.2, 0.25) is 5.02 Å². The molecular formula is C43H38ClN5O2. The Kier molecular flexibility index (Phi) is 12.1. The fraction of sp³-hybridized carbons (Fsp3) is 0.140. The molecule has 6 rings (SSSR count). The molecule has 0 fully saturated rings. The number of aromatic nitrogens is 1. The average Bonchev–Trinajstić information content (AvgIpc) is 3.87. The highest BCUT2D eigenvalue weighted by atomic mass is 35.5. The van der Waals surface area contributed by atoms with Crippen LogP contribution < -0.4 is 5.32 Å². The van der Waals surface area contributed by atoms with E-state index in [0.29, 0.717) is 48.9 Å². The van der Waals surface area contributed by atoms with E-state index in [0.717, 1.165) is 45.4 Å². The van der Waals surface area contributed by atoms with Crippen molar-refractivity contribution in [3.63, 3.8) is 0 Å². The summed E-state index contributed by atoms with van der Waals surface area (Å²) in [5, 5.41) is 26.2. The first kappa shape index (κ1) is 34.9. The van der Waals surface area contributed by atoms with E-state index < -0.39 is 0 Å². The number of phenols is 2. The van der Waals surface area contributed by atoms with Gasteiger partial charge in [0.25, 0.3) is 0 Å². The third-order valence-corrected chi connectivity index (χ3v) is 8.49. The summed E-state index contributed by atoms with van der Waals surface area (Å²) in [5.41, 5.74) is 13.4. The number of halogens is 1. The Hall–Kier alpha value is -5.94. The lowest BCUT2D eigenvalue weighted by atomic mass is 10.1. The molecule has 0 radical (unpaired) electrons. The van der Waals surface area contributed by atoms with Crippen molar-refractivity contribution >= 4 is 52.8 Å². The summed E-state index contributed by atoms with van der Waals surface area (Å²) >= 11 is 6.19. The molecule has 0 atom stereocenters. The zero-order valence-electron chi connectivity index (χ0n) is 28.1. The molecule has 3 N–H and O–H groups in total. The van der Waals surface area contributed by atoms with Gasteiger partial charge in [0.05, 0.1) is 18.6 Å². The second-order valence-electron chi connectivity index (χ2n) is 11.9. The molecule has 0 saturated carbocycles. The summed E-state index contributed by atoms with van der Waals surface area (Å²) in [7, 11) is 0. The number of benzene rings is 3. The van der Waals surface area contributed by atoms with Crippen LogP contribution in [-0.4, -0.2) is 71.8 Å². The largest absolute Gasteiger partial charge is 0.507 e. The molecule has 1 heterocycles. The molecule has 3 aromatic carbocycles. The van der Waals surface area contributed by atoms with Gasteiger partial charge in [0.15, 0.2) is 0 Å². The van der Waals surface area contributed by atoms with E-state index in [4.69, 9.17) is 11.6 Å². The van der Waals surface area contributed by atoms with Gasteiger partial charge in [-0.05, 0) is 96.1 Å². The van der Waals surface area contributed by atoms with Gasteiger partial charge in [-0.2, -0.15) is 0 Å². The van der Waals surface area contributed by atoms with E-state index in [1.165, 1.54) is 0 Å². The van der Waals surface area contributed by atoms with Crippen LogP contribution in [0, 0.1) is 0 Å². The van der Waals surface area contributed by atoms with Gasteiger partial charge in [-0.1, -0.05) is 48.0 Å². The number of fused-ring (bicyclic) bond motifs is 1. The third-order valence-electron chi connectivity index (χ3n) is 8.26. The predicted octanol–water partition coefficient (Wildman–Crippen LogP) is 8.58. The van der Waals surface area contributed by atoms with E-state index >= 15 is 0 Å². The first-order valence-corrected chi connectivity index (χ1v) is 17.2. The third kappa shape index (κ3) is 10.3. The number of anilines is 1. The van der Waals surface area contributed by atoms with Gasteiger partial charge < -0.3 is 15.5 Å². The molecular weight excluding hydrogens is 654 g/mol. The van der Waals surface area contributed by atoms with Gasteiger partial charge in [-0.15, -0.1) is 11.5 Å². The summed E-state index contributed by atoms with van der Waals surface area (Å²) in [6.45, 7) is 3.91. The van der Waals surface area contributed by atoms with E-state index in [1.807, 2.05) is 109 Å². The van der Waals surface area contributed by atoms with Crippen molar-refractivity contribution in [1.29, 1.82) is 0 Å². The normalized spacial score (nSPS) is 13.8. The molecule has 51 heavy (non-hydrogen) atoms. The summed E-state index contributed by atoms with van der Waals surface area (Å²) in [6, 6.07) is 18.6. The maximum absolute atomic E-state index is 10.5. The maximum Gasteiger partial charge on any atom is 0.124 e. The number of phenolic OH excluding ortho intramolecular Hbond substituents is 2. The molecule has 8 heteroatoms. The minimum atomic E-state index is 0.184. The topological polar surface area (TPSA) is 93.3 Å². The van der Waals surface area contributed by atoms with Gasteiger partial charge in [0, 0.05) is 83.2 Å². The fourth-order valence-electron chi connectivity index (χ4n) is 5.51. The SMILES string of the molecule is Oc1ccc(/C=C/C2=C=CC=C2)cc1C=NCCN(CCN=Cc1cc(/C=C/C2=C=CC=C2)ccc1O)CCNc1ccnc2cc(Cl)ccc12. The van der Waals surface area contributed by atoms with Crippen LogP contribution in [0.5, 0.6) is 11.5 Å². The maximum atomic E-state index is 10.5. The smallest absolute Gasteiger partial charge is 0.124 e. The first-order valence-electron chi connectivity index (χ1n) is 16.8. The Balaban J connectivity index is 1.09. The first-order chi connectivity index (χ1) is 25.0. The van der Waals surface area contributed by atoms with Crippen LogP contribution in [-0.2, 0) is 0 Å². The van der Waals surface area contributed by atoms with Gasteiger partial charge >= 0.3 is 0 Å². The Labute approximate surface area is 303 Å². The van der Waals surface area contributed by atoms with Crippen molar-refractivity contribution in [1.82, 2.24) is 9.88 Å². The molecule has 1 aromatic heterocycles. The molecule has 4 aromatic rings. The summed E-state index contributed by atoms with van der Waals surface area (Å²) < 4.78 is 0. The second-order valence-corrected chi connectivity index (χ2v) is 12.3. The number of aromatic hydroxyl groups is 2. The molecule has 0 spiro atoms. The second kappa shape index (κ2) is 17.6. The van der Waals surface area contributed by atoms with Crippen LogP contribution in [0.3, 0.4) is 0 Å². The lowest BCUT2D eigenvalue weighted by molar-refractivity contribution is 0.301. The minimum absolute atomic E-state index is 0.184. The van der Waals surface area contributed by atoms with E-state index in [9.17, 15) is 10.2 Å². The number of hydrogen-bond acceptors (Lipinski definition) is 7. The highest BCUT2D eigenvalue weighted by Crippen LogP contribution is 2.24. The van der Waals surface area contributed by atoms with Gasteiger partial charge in [0.1, 0.15) is 11.5 Å². The van der Waals surface area contributed by atoms with Crippen molar-refractivity contribution in [3.05, 3.63) is 165 Å². The zero-order chi connectivity index (χ0) is 35.3. The van der Waals surface area contributed by atoms with E-state index in [2.05, 4.69) is 36.6 Å². The number of allylic oxidation sites excluding steroid dienone is 8. The quantitative estimate of drug-likeness (QED) is 0.0809. The molecule has 2 aliphatic rings. The Morgan fingerprint density at radius 3 is 1.90 bits per heavy atom. The molecule has 0 amide bonds. The highest BCUT2D eigenvalue weighted by molar-refractivity contribution is 6.31. The standard InChI is InChI=1S/C43H38ClN5O2/c44-38-15-16-39-40(19-20-47-41(39)29-38)48-23-26-49(24-21-45-30-36-27-34(13-17-42(36)50)11-9-32-5-1-2-6-32)25-22-46-31-37-28-35(14-18-43(37)51)12-10-33-7-3-4-8-33/h1-5,7,9-20,27-31,50-51H,21-26H2,(H,47,48)/b11-9+,12-10+,45-30?,46-31?. The highest BCUT2D eigenvalue weighted by Gasteiger charge is 2.07. The number of rotatable bonds is 16. The van der Waals surface area contributed by atoms with Crippen LogP contribution in [0.15, 0.2) is 148 Å². The van der Waals surface area contributed by atoms with Crippen LogP contribution in [0.1, 0.15) is 22.3 Å². The molecule has 0 unspecified atom stereocenters. The van der Waals surface area contributed by atoms with Crippen LogP contribution in [0.4, 0.5) is 5.69 Å². The number of pyridine rings is 1. The van der Waals surface area contributed by atoms with Gasteiger partial charge in [-0.3, -0.25) is 19.9 Å². The fourth-order valence-corrected chi connectivity index (χ4v) is 5.68.